The molecule has 0 aliphatic rings. The van der Waals surface area contributed by atoms with Crippen molar-refractivity contribution in [2.24, 2.45) is 0 Å². The topological polar surface area (TPSA) is 116 Å². The number of benzene rings is 2. The molecule has 0 saturated carbocycles. The molecule has 0 aliphatic heterocycles. The number of nitriles is 2. The van der Waals surface area contributed by atoms with Crippen LogP contribution in [0.3, 0.4) is 0 Å². The molecule has 26 heavy (non-hydrogen) atoms. The minimum Gasteiger partial charge on any atom is -0.497 e. The smallest absolute Gasteiger partial charge is 0.268 e. The Balaban J connectivity index is 2.35. The van der Waals surface area contributed by atoms with E-state index in [1.165, 1.54) is 0 Å². The van der Waals surface area contributed by atoms with Gasteiger partial charge in [0.2, 0.25) is 0 Å². The van der Waals surface area contributed by atoms with Crippen molar-refractivity contribution in [2.75, 3.05) is 12.8 Å². The van der Waals surface area contributed by atoms with Crippen LogP contribution >= 0.6 is 0 Å². The first-order valence-electron chi connectivity index (χ1n) is 7.70. The Morgan fingerprint density at radius 2 is 1.58 bits per heavy atom. The van der Waals surface area contributed by atoms with Crippen LogP contribution < -0.4 is 16.0 Å². The van der Waals surface area contributed by atoms with Crippen molar-refractivity contribution in [3.05, 3.63) is 70.0 Å². The third-order valence-corrected chi connectivity index (χ3v) is 4.07. The minimum absolute atomic E-state index is 0.0592. The number of aromatic nitrogens is 1. The number of nitrogens with two attached hydrogens (primary N) is 1. The molecule has 0 aliphatic carbocycles. The van der Waals surface area contributed by atoms with E-state index in [2.05, 4.69) is 4.98 Å². The van der Waals surface area contributed by atoms with Gasteiger partial charge in [0, 0.05) is 5.56 Å². The number of methoxy groups -OCH3 is 1. The monoisotopic (exact) mass is 342 g/mol. The lowest BCUT2D eigenvalue weighted by Crippen LogP contribution is -2.16. The molecule has 0 saturated heterocycles. The first-order chi connectivity index (χ1) is 12.6. The Morgan fingerprint density at radius 1 is 0.962 bits per heavy atom. The molecule has 0 fully saturated rings. The van der Waals surface area contributed by atoms with Crippen LogP contribution in [0.4, 0.5) is 5.82 Å². The molecule has 0 amide bonds. The number of nitrogens with zero attached hydrogens (tertiary/aromatic N) is 2. The first-order valence-corrected chi connectivity index (χ1v) is 7.70. The summed E-state index contributed by atoms with van der Waals surface area (Å²) in [6, 6.07) is 18.5. The van der Waals surface area contributed by atoms with Crippen molar-refractivity contribution in [1.82, 2.24) is 4.98 Å². The molecule has 1 heterocycles. The van der Waals surface area contributed by atoms with Gasteiger partial charge in [-0.15, -0.1) is 0 Å². The molecule has 3 aromatic rings. The van der Waals surface area contributed by atoms with Gasteiger partial charge >= 0.3 is 0 Å². The lowest BCUT2D eigenvalue weighted by Gasteiger charge is -2.14. The standard InChI is InChI=1S/C20H14N4O2/c1-26-13-8-6-12(7-9-13)14-4-2-3-5-15(14)18-16(10-21)19(23)24-20(25)17(18)11-22/h2-9H,1H3,(H3,23,24,25). The molecule has 0 bridgehead atoms. The van der Waals surface area contributed by atoms with Gasteiger partial charge in [0.15, 0.2) is 0 Å². The van der Waals surface area contributed by atoms with Gasteiger partial charge in [0.1, 0.15) is 34.8 Å². The van der Waals surface area contributed by atoms with Crippen LogP contribution in [0.25, 0.3) is 22.3 Å². The van der Waals surface area contributed by atoms with Crippen LogP contribution in [-0.4, -0.2) is 12.1 Å². The Kier molecular flexibility index (Phi) is 4.42. The number of nitrogens with one attached hydrogen (secondary N) is 1. The molecule has 6 nitrogen and oxygen atoms in total. The number of anilines is 1. The molecule has 3 rings (SSSR count). The van der Waals surface area contributed by atoms with E-state index in [1.807, 2.05) is 48.5 Å². The molecule has 2 aromatic carbocycles. The fourth-order valence-corrected chi connectivity index (χ4v) is 2.84. The Morgan fingerprint density at radius 3 is 2.15 bits per heavy atom. The van der Waals surface area contributed by atoms with Gasteiger partial charge in [-0.05, 0) is 28.8 Å². The van der Waals surface area contributed by atoms with E-state index in [1.54, 1.807) is 19.2 Å². The van der Waals surface area contributed by atoms with Crippen LogP contribution in [0.15, 0.2) is 53.3 Å². The molecule has 1 aromatic heterocycles. The Hall–Kier alpha value is -4.03. The first kappa shape index (κ1) is 16.8. The maximum Gasteiger partial charge on any atom is 0.268 e. The van der Waals surface area contributed by atoms with Gasteiger partial charge in [-0.3, -0.25) is 4.79 Å². The van der Waals surface area contributed by atoms with E-state index in [-0.39, 0.29) is 22.5 Å². The average molecular weight is 342 g/mol. The summed E-state index contributed by atoms with van der Waals surface area (Å²) in [7, 11) is 1.58. The number of rotatable bonds is 3. The highest BCUT2D eigenvalue weighted by Crippen LogP contribution is 2.36. The van der Waals surface area contributed by atoms with E-state index >= 15 is 0 Å². The number of pyridine rings is 1. The maximum atomic E-state index is 12.2. The summed E-state index contributed by atoms with van der Waals surface area (Å²) in [5, 5.41) is 19.0. The lowest BCUT2D eigenvalue weighted by molar-refractivity contribution is 0.415. The highest BCUT2D eigenvalue weighted by molar-refractivity contribution is 5.90. The molecule has 0 radical (unpaired) electrons. The van der Waals surface area contributed by atoms with Crippen LogP contribution in [0, 0.1) is 22.7 Å². The predicted octanol–water partition coefficient (Wildman–Crippen LogP) is 3.04. The summed E-state index contributed by atoms with van der Waals surface area (Å²) >= 11 is 0. The predicted molar refractivity (Wildman–Crippen MR) is 98.3 cm³/mol. The Labute approximate surface area is 149 Å². The van der Waals surface area contributed by atoms with E-state index in [9.17, 15) is 15.3 Å². The lowest BCUT2D eigenvalue weighted by atomic mass is 9.90. The van der Waals surface area contributed by atoms with Gasteiger partial charge in [-0.2, -0.15) is 10.5 Å². The third-order valence-electron chi connectivity index (χ3n) is 4.07. The number of aromatic amines is 1. The summed E-state index contributed by atoms with van der Waals surface area (Å²) < 4.78 is 5.18. The Bertz CT molecular complexity index is 1120. The number of ether oxygens (including phenoxy) is 1. The molecule has 0 unspecified atom stereocenters. The normalized spacial score (nSPS) is 9.96. The van der Waals surface area contributed by atoms with Crippen molar-refractivity contribution >= 4 is 5.82 Å². The van der Waals surface area contributed by atoms with Crippen molar-refractivity contribution in [2.45, 2.75) is 0 Å². The van der Waals surface area contributed by atoms with Crippen molar-refractivity contribution in [3.63, 3.8) is 0 Å². The van der Waals surface area contributed by atoms with Crippen molar-refractivity contribution < 1.29 is 4.74 Å². The van der Waals surface area contributed by atoms with Crippen molar-refractivity contribution in [3.8, 4) is 40.1 Å². The van der Waals surface area contributed by atoms with Gasteiger partial charge in [-0.1, -0.05) is 36.4 Å². The van der Waals surface area contributed by atoms with E-state index < -0.39 is 5.56 Å². The van der Waals surface area contributed by atoms with Crippen LogP contribution in [0.1, 0.15) is 11.1 Å². The molecule has 0 atom stereocenters. The van der Waals surface area contributed by atoms with Crippen molar-refractivity contribution in [1.29, 1.82) is 10.5 Å². The zero-order valence-corrected chi connectivity index (χ0v) is 13.9. The zero-order chi connectivity index (χ0) is 18.7. The molecular weight excluding hydrogens is 328 g/mol. The molecule has 126 valence electrons. The highest BCUT2D eigenvalue weighted by atomic mass is 16.5. The largest absolute Gasteiger partial charge is 0.497 e. The SMILES string of the molecule is COc1ccc(-c2ccccc2-c2c(C#N)c(N)[nH]c(=O)c2C#N)cc1. The second kappa shape index (κ2) is 6.84. The molecule has 0 spiro atoms. The number of H-pyrrole nitrogens is 1. The van der Waals surface area contributed by atoms with Gasteiger partial charge in [0.25, 0.3) is 5.56 Å². The minimum atomic E-state index is -0.622. The summed E-state index contributed by atoms with van der Waals surface area (Å²) in [6.45, 7) is 0. The van der Waals surface area contributed by atoms with Gasteiger partial charge in [-0.25, -0.2) is 0 Å². The van der Waals surface area contributed by atoms with Crippen LogP contribution in [0.5, 0.6) is 5.75 Å². The summed E-state index contributed by atoms with van der Waals surface area (Å²) in [4.78, 5) is 14.5. The molecule has 3 N–H and O–H groups in total. The number of hydrogen-bond donors (Lipinski definition) is 2. The van der Waals surface area contributed by atoms with Gasteiger partial charge in [0.05, 0.1) is 7.11 Å². The third kappa shape index (κ3) is 2.77. The quantitative estimate of drug-likeness (QED) is 0.759. The number of nitrogen functional groups attached to an aromatic ring is 1. The van der Waals surface area contributed by atoms with E-state index in [4.69, 9.17) is 10.5 Å². The van der Waals surface area contributed by atoms with E-state index in [0.717, 1.165) is 11.1 Å². The van der Waals surface area contributed by atoms with Gasteiger partial charge < -0.3 is 15.5 Å². The summed E-state index contributed by atoms with van der Waals surface area (Å²) in [5.41, 5.74) is 7.58. The fraction of sp³-hybridized carbons (Fsp3) is 0.0500. The average Bonchev–Trinajstić information content (AvgIpc) is 2.67. The zero-order valence-electron chi connectivity index (χ0n) is 13.9. The number of hydrogen-bond acceptors (Lipinski definition) is 5. The summed E-state index contributed by atoms with van der Waals surface area (Å²) in [6.07, 6.45) is 0. The maximum absolute atomic E-state index is 12.2. The second-order valence-corrected chi connectivity index (χ2v) is 5.49. The van der Waals surface area contributed by atoms with E-state index in [0.29, 0.717) is 11.3 Å². The summed E-state index contributed by atoms with van der Waals surface area (Å²) in [5.74, 6) is 0.651. The molecule has 6 heteroatoms. The van der Waals surface area contributed by atoms with Crippen LogP contribution in [0.2, 0.25) is 0 Å². The fourth-order valence-electron chi connectivity index (χ4n) is 2.84. The second-order valence-electron chi connectivity index (χ2n) is 5.49. The highest BCUT2D eigenvalue weighted by Gasteiger charge is 2.20. The van der Waals surface area contributed by atoms with Crippen LogP contribution in [-0.2, 0) is 0 Å². The molecular formula is C20H14N4O2.